The van der Waals surface area contributed by atoms with Crippen LogP contribution < -0.4 is 10.9 Å². The predicted molar refractivity (Wildman–Crippen MR) is 201 cm³/mol. The van der Waals surface area contributed by atoms with E-state index in [-0.39, 0.29) is 24.1 Å². The molecule has 2 aromatic carbocycles. The van der Waals surface area contributed by atoms with E-state index >= 15 is 0 Å². The smallest absolute Gasteiger partial charge is 0.408 e. The molecule has 3 heterocycles. The first-order valence-electron chi connectivity index (χ1n) is 18.1. The maximum absolute atomic E-state index is 13.3. The van der Waals surface area contributed by atoms with E-state index in [2.05, 4.69) is 55.1 Å². The number of ether oxygens (including phenoxy) is 3. The van der Waals surface area contributed by atoms with Gasteiger partial charge >= 0.3 is 12.1 Å². The van der Waals surface area contributed by atoms with E-state index in [9.17, 15) is 19.5 Å². The van der Waals surface area contributed by atoms with Gasteiger partial charge in [0.25, 0.3) is 5.56 Å². The van der Waals surface area contributed by atoms with Crippen molar-refractivity contribution in [2.24, 2.45) is 0 Å². The zero-order valence-corrected chi connectivity index (χ0v) is 30.7. The molecule has 0 spiro atoms. The summed E-state index contributed by atoms with van der Waals surface area (Å²) in [5.41, 5.74) is 7.92. The number of allylic oxidation sites excluding steroid dienone is 6. The Morgan fingerprint density at radius 3 is 2.28 bits per heavy atom. The fourth-order valence-electron chi connectivity index (χ4n) is 6.67. The van der Waals surface area contributed by atoms with Crippen LogP contribution in [-0.4, -0.2) is 61.6 Å². The van der Waals surface area contributed by atoms with Gasteiger partial charge in [0.2, 0.25) is 0 Å². The lowest BCUT2D eigenvalue weighted by Crippen LogP contribution is -2.34. The molecular weight excluding hydrogens is 674 g/mol. The average Bonchev–Trinajstić information content (AvgIpc) is 3.83. The molecule has 278 valence electrons. The number of aromatic nitrogens is 4. The summed E-state index contributed by atoms with van der Waals surface area (Å²) in [5.74, 6) is -0.713. The van der Waals surface area contributed by atoms with Gasteiger partial charge in [-0.15, -0.1) is 0 Å². The summed E-state index contributed by atoms with van der Waals surface area (Å²) >= 11 is 0. The van der Waals surface area contributed by atoms with Gasteiger partial charge in [-0.3, -0.25) is 18.7 Å². The van der Waals surface area contributed by atoms with E-state index in [4.69, 9.17) is 14.2 Å². The Hall–Kier alpha value is -5.33. The van der Waals surface area contributed by atoms with Crippen LogP contribution >= 0.6 is 0 Å². The number of aliphatic hydroxyl groups is 1. The Morgan fingerprint density at radius 2 is 1.58 bits per heavy atom. The zero-order valence-electron chi connectivity index (χ0n) is 30.7. The van der Waals surface area contributed by atoms with Crippen LogP contribution in [0.2, 0.25) is 0 Å². The normalized spacial score (nSPS) is 18.5. The molecule has 53 heavy (non-hydrogen) atoms. The number of aliphatic hydroxyl groups excluding tert-OH is 1. The second kappa shape index (κ2) is 17.0. The molecule has 0 saturated carbocycles. The highest BCUT2D eigenvalue weighted by Crippen LogP contribution is 2.45. The van der Waals surface area contributed by atoms with Gasteiger partial charge in [-0.2, -0.15) is 0 Å². The number of rotatable bonds is 14. The second-order valence-corrected chi connectivity index (χ2v) is 13.9. The van der Waals surface area contributed by atoms with E-state index in [1.165, 1.54) is 33.9 Å². The lowest BCUT2D eigenvalue weighted by molar-refractivity contribution is -0.148. The molecule has 4 aromatic rings. The van der Waals surface area contributed by atoms with E-state index < -0.39 is 43.1 Å². The number of hydrogen-bond donors (Lipinski definition) is 2. The van der Waals surface area contributed by atoms with Crippen molar-refractivity contribution in [2.75, 3.05) is 13.2 Å². The van der Waals surface area contributed by atoms with Crippen LogP contribution in [0.25, 0.3) is 22.3 Å². The van der Waals surface area contributed by atoms with E-state index in [1.807, 2.05) is 54.6 Å². The van der Waals surface area contributed by atoms with Crippen molar-refractivity contribution >= 4 is 23.2 Å². The summed E-state index contributed by atoms with van der Waals surface area (Å²) in [7, 11) is 0. The number of alkyl carbamates (subject to hydrolysis) is 1. The highest BCUT2D eigenvalue weighted by molar-refractivity contribution is 5.81. The topological polar surface area (TPSA) is 147 Å². The summed E-state index contributed by atoms with van der Waals surface area (Å²) < 4.78 is 20.2. The number of carbonyl (C=O) groups is 2. The van der Waals surface area contributed by atoms with Crippen molar-refractivity contribution in [3.8, 4) is 11.1 Å². The minimum absolute atomic E-state index is 0.179. The van der Waals surface area contributed by atoms with Crippen molar-refractivity contribution < 1.29 is 28.9 Å². The fraction of sp³-hybridized carbons (Fsp3) is 0.390. The highest BCUT2D eigenvalue weighted by Gasteiger charge is 2.37. The number of esters is 1. The van der Waals surface area contributed by atoms with Gasteiger partial charge < -0.3 is 24.6 Å². The molecule has 1 aliphatic heterocycles. The van der Waals surface area contributed by atoms with Crippen LogP contribution in [0.4, 0.5) is 4.79 Å². The molecule has 3 unspecified atom stereocenters. The van der Waals surface area contributed by atoms with Gasteiger partial charge in [-0.25, -0.2) is 14.8 Å². The van der Waals surface area contributed by atoms with Gasteiger partial charge in [0.1, 0.15) is 31.8 Å². The molecule has 12 heteroatoms. The number of nitrogens with one attached hydrogen (secondary N) is 1. The summed E-state index contributed by atoms with van der Waals surface area (Å²) in [4.78, 5) is 47.3. The van der Waals surface area contributed by atoms with E-state index in [0.717, 1.165) is 47.9 Å². The molecule has 2 aromatic heterocycles. The van der Waals surface area contributed by atoms with Crippen molar-refractivity contribution in [2.45, 2.75) is 90.9 Å². The van der Waals surface area contributed by atoms with Crippen LogP contribution in [0.1, 0.15) is 83.3 Å². The third kappa shape index (κ3) is 9.01. The van der Waals surface area contributed by atoms with Crippen molar-refractivity contribution in [3.05, 3.63) is 118 Å². The van der Waals surface area contributed by atoms with Gasteiger partial charge in [0.15, 0.2) is 17.3 Å². The number of benzene rings is 2. The van der Waals surface area contributed by atoms with E-state index in [1.54, 1.807) is 4.57 Å². The third-order valence-electron chi connectivity index (χ3n) is 9.61. The largest absolute Gasteiger partial charge is 0.461 e. The number of fused-ring (bicyclic) bond motifs is 4. The quantitative estimate of drug-likeness (QED) is 0.107. The summed E-state index contributed by atoms with van der Waals surface area (Å²) in [6, 6.07) is 15.4. The van der Waals surface area contributed by atoms with Crippen molar-refractivity contribution in [1.82, 2.24) is 24.4 Å². The molecular formula is C41H47N5O7. The molecule has 0 radical (unpaired) electrons. The van der Waals surface area contributed by atoms with Gasteiger partial charge in [-0.1, -0.05) is 83.5 Å². The molecule has 1 saturated heterocycles. The second-order valence-electron chi connectivity index (χ2n) is 13.9. The Balaban J connectivity index is 0.968. The van der Waals surface area contributed by atoms with Crippen LogP contribution in [-0.2, 0) is 25.5 Å². The standard InChI is InChI=1S/C41H47N5O7/c1-26(2)11-9-12-27(3)13-10-14-28(4)19-20-45-24-44-39-37(40(45)49)43-25-46(39)35-21-33(47)34(52-35)23-51-36(48)22-42-41(50)53-38-31-17-7-5-15-29(31)30-16-6-8-18-32(30)38/h5-8,11,13,15-19,24-25,33-35,38,47H,9-10,12,14,20-23H2,1-4H3,(H,42,50). The first kappa shape index (κ1) is 37.4. The first-order chi connectivity index (χ1) is 25.6. The van der Waals surface area contributed by atoms with Crippen LogP contribution in [0.3, 0.4) is 0 Å². The molecule has 3 atom stereocenters. The lowest BCUT2D eigenvalue weighted by atomic mass is 10.1. The average molecular weight is 722 g/mol. The maximum atomic E-state index is 13.3. The van der Waals surface area contributed by atoms with Gasteiger partial charge in [-0.05, 0) is 64.5 Å². The SMILES string of the molecule is CC(C)=CCCC(C)=CCCC(C)=CCn1cnc2c(ncn2C2CC(O)C(COC(=O)CNC(=O)OC3c4ccccc4-c4ccccc43)O2)c1=O. The predicted octanol–water partition coefficient (Wildman–Crippen LogP) is 6.70. The molecule has 0 bridgehead atoms. The van der Waals surface area contributed by atoms with E-state index in [0.29, 0.717) is 12.2 Å². The third-order valence-corrected chi connectivity index (χ3v) is 9.61. The number of amides is 1. The summed E-state index contributed by atoms with van der Waals surface area (Å²) in [5, 5.41) is 13.2. The van der Waals surface area contributed by atoms with Crippen LogP contribution in [0.15, 0.2) is 101 Å². The van der Waals surface area contributed by atoms with Crippen molar-refractivity contribution in [3.63, 3.8) is 0 Å². The molecule has 2 aliphatic rings. The number of imidazole rings is 1. The zero-order chi connectivity index (χ0) is 37.5. The fourth-order valence-corrected chi connectivity index (χ4v) is 6.67. The van der Waals surface area contributed by atoms with Crippen LogP contribution in [0.5, 0.6) is 0 Å². The molecule has 1 amide bonds. The van der Waals surface area contributed by atoms with Crippen LogP contribution in [0, 0.1) is 0 Å². The highest BCUT2D eigenvalue weighted by atomic mass is 16.6. The van der Waals surface area contributed by atoms with Crippen molar-refractivity contribution in [1.29, 1.82) is 0 Å². The monoisotopic (exact) mass is 721 g/mol. The summed E-state index contributed by atoms with van der Waals surface area (Å²) in [6.45, 7) is 8.18. The molecule has 12 nitrogen and oxygen atoms in total. The Bertz CT molecular complexity index is 2060. The molecule has 2 N–H and O–H groups in total. The minimum atomic E-state index is -0.949. The number of nitrogens with zero attached hydrogens (tertiary/aromatic N) is 4. The minimum Gasteiger partial charge on any atom is -0.461 e. The first-order valence-corrected chi connectivity index (χ1v) is 18.1. The molecule has 6 rings (SSSR count). The Kier molecular flexibility index (Phi) is 12.0. The van der Waals surface area contributed by atoms with Gasteiger partial charge in [0, 0.05) is 24.1 Å². The maximum Gasteiger partial charge on any atom is 0.408 e. The van der Waals surface area contributed by atoms with Gasteiger partial charge in [0.05, 0.1) is 12.4 Å². The summed E-state index contributed by atoms with van der Waals surface area (Å²) in [6.07, 6.45) is 9.89. The molecule has 1 fully saturated rings. The number of hydrogen-bond acceptors (Lipinski definition) is 9. The molecule has 1 aliphatic carbocycles. The lowest BCUT2D eigenvalue weighted by Gasteiger charge is -2.17. The Labute approximate surface area is 308 Å². The Morgan fingerprint density at radius 1 is 0.925 bits per heavy atom. The number of carbonyl (C=O) groups excluding carboxylic acids is 2.